The molecule has 1 aliphatic rings. The number of methoxy groups -OCH3 is 1. The first-order valence-corrected chi connectivity index (χ1v) is 10.4. The van der Waals surface area contributed by atoms with Crippen LogP contribution in [0.4, 0.5) is 5.82 Å². The Hall–Kier alpha value is -3.50. The average molecular weight is 415 g/mol. The van der Waals surface area contributed by atoms with E-state index in [9.17, 15) is 5.26 Å². The van der Waals surface area contributed by atoms with Gasteiger partial charge in [-0.25, -0.2) is 15.0 Å². The molecular formula is C24H25N5O2. The standard InChI is InChI=1S/C24H25N5O2/c1-30-11-10-28-23-12-18(6-8-26-23)13-24-27-9-7-21(29-24)19-4-5-22(20(14-19)15-25)31-16-17-2-3-17/h4-9,12,14,17H,2-3,10-11,13,16H2,1H3,(H,26,28). The molecule has 158 valence electrons. The molecule has 7 nitrogen and oxygen atoms in total. The maximum absolute atomic E-state index is 9.54. The van der Waals surface area contributed by atoms with E-state index in [0.29, 0.717) is 49.2 Å². The Balaban J connectivity index is 1.48. The highest BCUT2D eigenvalue weighted by Gasteiger charge is 2.22. The van der Waals surface area contributed by atoms with Crippen molar-refractivity contribution >= 4 is 5.82 Å². The van der Waals surface area contributed by atoms with Crippen molar-refractivity contribution in [3.8, 4) is 23.1 Å². The number of nitrogens with zero attached hydrogens (tertiary/aromatic N) is 4. The molecule has 0 bridgehead atoms. The van der Waals surface area contributed by atoms with Crippen molar-refractivity contribution in [1.82, 2.24) is 15.0 Å². The summed E-state index contributed by atoms with van der Waals surface area (Å²) in [6, 6.07) is 13.7. The van der Waals surface area contributed by atoms with Crippen LogP contribution in [-0.2, 0) is 11.2 Å². The lowest BCUT2D eigenvalue weighted by Crippen LogP contribution is -2.09. The van der Waals surface area contributed by atoms with Crippen LogP contribution in [0.1, 0.15) is 29.8 Å². The molecule has 1 fully saturated rings. The molecule has 4 rings (SSSR count). The third-order valence-corrected chi connectivity index (χ3v) is 5.07. The van der Waals surface area contributed by atoms with Gasteiger partial charge in [0.25, 0.3) is 0 Å². The largest absolute Gasteiger partial charge is 0.492 e. The molecule has 2 aromatic heterocycles. The molecule has 0 saturated heterocycles. The molecule has 0 aliphatic heterocycles. The Morgan fingerprint density at radius 1 is 1.13 bits per heavy atom. The van der Waals surface area contributed by atoms with Crippen molar-refractivity contribution in [3.63, 3.8) is 0 Å². The van der Waals surface area contributed by atoms with Gasteiger partial charge in [0, 0.05) is 38.0 Å². The van der Waals surface area contributed by atoms with E-state index >= 15 is 0 Å². The predicted octanol–water partition coefficient (Wildman–Crippen LogP) is 3.85. The van der Waals surface area contributed by atoms with Crippen LogP contribution in [0.25, 0.3) is 11.3 Å². The summed E-state index contributed by atoms with van der Waals surface area (Å²) in [4.78, 5) is 13.5. The summed E-state index contributed by atoms with van der Waals surface area (Å²) in [6.07, 6.45) is 6.54. The number of rotatable bonds is 10. The molecule has 3 aromatic rings. The monoisotopic (exact) mass is 415 g/mol. The van der Waals surface area contributed by atoms with Crippen molar-refractivity contribution in [2.45, 2.75) is 19.3 Å². The number of hydrogen-bond donors (Lipinski definition) is 1. The van der Waals surface area contributed by atoms with E-state index in [-0.39, 0.29) is 0 Å². The van der Waals surface area contributed by atoms with Gasteiger partial charge in [0.05, 0.1) is 24.5 Å². The quantitative estimate of drug-likeness (QED) is 0.503. The topological polar surface area (TPSA) is 92.9 Å². The van der Waals surface area contributed by atoms with E-state index in [1.54, 1.807) is 19.5 Å². The molecule has 2 heterocycles. The summed E-state index contributed by atoms with van der Waals surface area (Å²) in [5, 5.41) is 12.8. The molecule has 1 aliphatic carbocycles. The van der Waals surface area contributed by atoms with E-state index in [1.165, 1.54) is 12.8 Å². The molecule has 0 radical (unpaired) electrons. The highest BCUT2D eigenvalue weighted by Crippen LogP contribution is 2.31. The van der Waals surface area contributed by atoms with Gasteiger partial charge >= 0.3 is 0 Å². The zero-order chi connectivity index (χ0) is 21.5. The zero-order valence-corrected chi connectivity index (χ0v) is 17.5. The van der Waals surface area contributed by atoms with Gasteiger partial charge in [0.2, 0.25) is 0 Å². The predicted molar refractivity (Wildman–Crippen MR) is 118 cm³/mol. The van der Waals surface area contributed by atoms with Gasteiger partial charge < -0.3 is 14.8 Å². The van der Waals surface area contributed by atoms with E-state index in [0.717, 1.165) is 22.6 Å². The molecule has 1 N–H and O–H groups in total. The number of nitrogens with one attached hydrogen (secondary N) is 1. The van der Waals surface area contributed by atoms with Crippen LogP contribution < -0.4 is 10.1 Å². The Bertz CT molecular complexity index is 1080. The average Bonchev–Trinajstić information content (AvgIpc) is 3.63. The minimum Gasteiger partial charge on any atom is -0.492 e. The fourth-order valence-corrected chi connectivity index (χ4v) is 3.18. The SMILES string of the molecule is COCCNc1cc(Cc2nccc(-c3ccc(OCC4CC4)c(C#N)c3)n2)ccn1. The summed E-state index contributed by atoms with van der Waals surface area (Å²) in [5.74, 6) is 2.78. The van der Waals surface area contributed by atoms with E-state index in [2.05, 4.69) is 21.4 Å². The van der Waals surface area contributed by atoms with E-state index < -0.39 is 0 Å². The van der Waals surface area contributed by atoms with Crippen LogP contribution in [0.15, 0.2) is 48.8 Å². The Kier molecular flexibility index (Phi) is 6.70. The number of pyridine rings is 1. The van der Waals surface area contributed by atoms with Crippen LogP contribution in [0.5, 0.6) is 5.75 Å². The number of anilines is 1. The first kappa shape index (κ1) is 20.8. The van der Waals surface area contributed by atoms with Crippen molar-refractivity contribution in [2.24, 2.45) is 5.92 Å². The molecule has 1 aromatic carbocycles. The molecule has 0 atom stereocenters. The van der Waals surface area contributed by atoms with Gasteiger partial charge in [-0.05, 0) is 60.7 Å². The summed E-state index contributed by atoms with van der Waals surface area (Å²) in [5.41, 5.74) is 3.24. The first-order valence-electron chi connectivity index (χ1n) is 10.4. The summed E-state index contributed by atoms with van der Waals surface area (Å²) in [6.45, 7) is 1.99. The van der Waals surface area contributed by atoms with Crippen molar-refractivity contribution < 1.29 is 9.47 Å². The zero-order valence-electron chi connectivity index (χ0n) is 17.5. The lowest BCUT2D eigenvalue weighted by molar-refractivity contribution is 0.210. The van der Waals surface area contributed by atoms with Gasteiger partial charge in [0.15, 0.2) is 0 Å². The molecule has 1 saturated carbocycles. The number of aromatic nitrogens is 3. The highest BCUT2D eigenvalue weighted by molar-refractivity contribution is 5.64. The van der Waals surface area contributed by atoms with E-state index in [1.807, 2.05) is 36.4 Å². The second-order valence-corrected chi connectivity index (χ2v) is 7.58. The van der Waals surface area contributed by atoms with Crippen LogP contribution >= 0.6 is 0 Å². The number of ether oxygens (including phenoxy) is 2. The van der Waals surface area contributed by atoms with Crippen LogP contribution in [-0.4, -0.2) is 41.8 Å². The smallest absolute Gasteiger partial charge is 0.137 e. The normalized spacial score (nSPS) is 12.9. The third kappa shape index (κ3) is 5.77. The second-order valence-electron chi connectivity index (χ2n) is 7.58. The maximum atomic E-state index is 9.54. The maximum Gasteiger partial charge on any atom is 0.137 e. The fourth-order valence-electron chi connectivity index (χ4n) is 3.18. The van der Waals surface area contributed by atoms with Crippen molar-refractivity contribution in [3.05, 3.63) is 65.7 Å². The first-order chi connectivity index (χ1) is 15.2. The summed E-state index contributed by atoms with van der Waals surface area (Å²) >= 11 is 0. The van der Waals surface area contributed by atoms with Crippen LogP contribution in [0.3, 0.4) is 0 Å². The Morgan fingerprint density at radius 3 is 2.81 bits per heavy atom. The lowest BCUT2D eigenvalue weighted by atomic mass is 10.1. The Morgan fingerprint density at radius 2 is 2.00 bits per heavy atom. The van der Waals surface area contributed by atoms with E-state index in [4.69, 9.17) is 14.5 Å². The molecule has 0 amide bonds. The van der Waals surface area contributed by atoms with Crippen molar-refractivity contribution in [2.75, 3.05) is 32.2 Å². The van der Waals surface area contributed by atoms with Gasteiger partial charge in [-0.2, -0.15) is 5.26 Å². The van der Waals surface area contributed by atoms with Gasteiger partial charge in [-0.3, -0.25) is 0 Å². The number of hydrogen-bond acceptors (Lipinski definition) is 7. The van der Waals surface area contributed by atoms with Crippen LogP contribution in [0, 0.1) is 17.2 Å². The number of benzene rings is 1. The van der Waals surface area contributed by atoms with Crippen molar-refractivity contribution in [1.29, 1.82) is 5.26 Å². The molecular weight excluding hydrogens is 390 g/mol. The molecule has 31 heavy (non-hydrogen) atoms. The fraction of sp³-hybridized carbons (Fsp3) is 0.333. The minimum atomic E-state index is 0.527. The molecule has 0 spiro atoms. The van der Waals surface area contributed by atoms with Gasteiger partial charge in [-0.15, -0.1) is 0 Å². The summed E-state index contributed by atoms with van der Waals surface area (Å²) < 4.78 is 10.9. The lowest BCUT2D eigenvalue weighted by Gasteiger charge is -2.10. The second kappa shape index (κ2) is 10.0. The Labute approximate surface area is 182 Å². The minimum absolute atomic E-state index is 0.527. The molecule has 0 unspecified atom stereocenters. The third-order valence-electron chi connectivity index (χ3n) is 5.07. The van der Waals surface area contributed by atoms with Gasteiger partial charge in [-0.1, -0.05) is 0 Å². The van der Waals surface area contributed by atoms with Gasteiger partial charge in [0.1, 0.15) is 23.5 Å². The highest BCUT2D eigenvalue weighted by atomic mass is 16.5. The summed E-state index contributed by atoms with van der Waals surface area (Å²) in [7, 11) is 1.67. The van der Waals surface area contributed by atoms with Crippen LogP contribution in [0.2, 0.25) is 0 Å². The number of nitriles is 1. The molecule has 7 heteroatoms.